The molecule has 3 N–H and O–H groups in total. The van der Waals surface area contributed by atoms with Crippen molar-refractivity contribution in [1.29, 1.82) is 0 Å². The van der Waals surface area contributed by atoms with Gasteiger partial charge in [0, 0.05) is 12.2 Å². The van der Waals surface area contributed by atoms with Crippen LogP contribution in [0.25, 0.3) is 0 Å². The molecule has 2 aromatic carbocycles. The van der Waals surface area contributed by atoms with E-state index in [1.807, 2.05) is 37.3 Å². The number of aryl methyl sites for hydroxylation is 1. The average molecular weight is 414 g/mol. The summed E-state index contributed by atoms with van der Waals surface area (Å²) < 4.78 is 0. The van der Waals surface area contributed by atoms with Crippen molar-refractivity contribution in [3.05, 3.63) is 80.6 Å². The first-order chi connectivity index (χ1) is 14.0. The monoisotopic (exact) mass is 413 g/mol. The highest BCUT2D eigenvalue weighted by Crippen LogP contribution is 2.28. The third-order valence-corrected chi connectivity index (χ3v) is 4.58. The Bertz CT molecular complexity index is 1020. The van der Waals surface area contributed by atoms with Crippen LogP contribution in [0.1, 0.15) is 35.1 Å². The Kier molecular flexibility index (Phi) is 6.46. The van der Waals surface area contributed by atoms with Crippen LogP contribution in [0.3, 0.4) is 0 Å². The number of H-pyrrole nitrogens is 1. The zero-order valence-corrected chi connectivity index (χ0v) is 16.5. The normalized spacial score (nSPS) is 10.6. The van der Waals surface area contributed by atoms with Gasteiger partial charge in [-0.05, 0) is 30.2 Å². The number of nitrogens with zero attached hydrogens (tertiary/aromatic N) is 2. The summed E-state index contributed by atoms with van der Waals surface area (Å²) in [6.07, 6.45) is 1.13. The number of benzene rings is 2. The molecule has 0 fully saturated rings. The van der Waals surface area contributed by atoms with Crippen LogP contribution in [-0.2, 0) is 13.0 Å². The van der Waals surface area contributed by atoms with Gasteiger partial charge in [-0.1, -0.05) is 55.3 Å². The van der Waals surface area contributed by atoms with Gasteiger partial charge >= 0.3 is 5.69 Å². The summed E-state index contributed by atoms with van der Waals surface area (Å²) in [4.78, 5) is 23.3. The van der Waals surface area contributed by atoms with Crippen molar-refractivity contribution in [3.8, 4) is 0 Å². The van der Waals surface area contributed by atoms with Gasteiger partial charge in [-0.3, -0.25) is 20.0 Å². The summed E-state index contributed by atoms with van der Waals surface area (Å²) in [6, 6.07) is 14.8. The maximum absolute atomic E-state index is 12.5. The summed E-state index contributed by atoms with van der Waals surface area (Å²) in [6.45, 7) is 2.49. The first-order valence-corrected chi connectivity index (χ1v) is 9.47. The molecule has 0 spiro atoms. The Labute approximate surface area is 172 Å². The Balaban J connectivity index is 1.71. The third-order valence-electron chi connectivity index (χ3n) is 4.26. The lowest BCUT2D eigenvalue weighted by molar-refractivity contribution is -0.385. The molecule has 0 aliphatic rings. The maximum Gasteiger partial charge on any atom is 0.322 e. The van der Waals surface area contributed by atoms with Gasteiger partial charge in [0.2, 0.25) is 5.69 Å². The molecule has 0 atom stereocenters. The molecule has 0 unspecified atom stereocenters. The van der Waals surface area contributed by atoms with Crippen molar-refractivity contribution in [3.63, 3.8) is 0 Å². The van der Waals surface area contributed by atoms with Crippen LogP contribution < -0.4 is 10.6 Å². The van der Waals surface area contributed by atoms with E-state index in [1.54, 1.807) is 18.2 Å². The number of amides is 1. The topological polar surface area (TPSA) is 113 Å². The van der Waals surface area contributed by atoms with Crippen molar-refractivity contribution in [2.24, 2.45) is 0 Å². The third kappa shape index (κ3) is 4.91. The molecule has 150 valence electrons. The van der Waals surface area contributed by atoms with Crippen LogP contribution in [0.15, 0.2) is 48.5 Å². The van der Waals surface area contributed by atoms with Crippen LogP contribution in [0.5, 0.6) is 0 Å². The van der Waals surface area contributed by atoms with E-state index in [4.69, 9.17) is 11.6 Å². The fourth-order valence-corrected chi connectivity index (χ4v) is 3.12. The van der Waals surface area contributed by atoms with E-state index in [0.29, 0.717) is 41.5 Å². The molecule has 1 heterocycles. The van der Waals surface area contributed by atoms with Crippen molar-refractivity contribution >= 4 is 34.6 Å². The molecule has 3 rings (SSSR count). The summed E-state index contributed by atoms with van der Waals surface area (Å²) in [5.74, 6) is -0.670. The van der Waals surface area contributed by atoms with Gasteiger partial charge in [-0.25, -0.2) is 0 Å². The molecule has 0 aliphatic heterocycles. The van der Waals surface area contributed by atoms with E-state index in [-0.39, 0.29) is 11.4 Å². The number of carbonyl (C=O) groups excluding carboxylic acids is 1. The largest absolute Gasteiger partial charge is 0.380 e. The highest BCUT2D eigenvalue weighted by molar-refractivity contribution is 6.33. The molecule has 1 amide bonds. The average Bonchev–Trinajstić information content (AvgIpc) is 3.13. The Morgan fingerprint density at radius 3 is 2.66 bits per heavy atom. The molecular weight excluding hydrogens is 394 g/mol. The minimum atomic E-state index is -0.670. The quantitative estimate of drug-likeness (QED) is 0.363. The molecule has 0 aliphatic carbocycles. The molecule has 0 saturated heterocycles. The molecular formula is C20H20ClN5O3. The van der Waals surface area contributed by atoms with E-state index < -0.39 is 10.8 Å². The molecule has 0 bridgehead atoms. The first kappa shape index (κ1) is 20.3. The smallest absolute Gasteiger partial charge is 0.322 e. The minimum Gasteiger partial charge on any atom is -0.380 e. The van der Waals surface area contributed by atoms with E-state index in [9.17, 15) is 14.9 Å². The Hall–Kier alpha value is -3.39. The number of aromatic nitrogens is 2. The number of hydrogen-bond donors (Lipinski definition) is 3. The predicted octanol–water partition coefficient (Wildman–Crippen LogP) is 4.79. The number of nitrogens with one attached hydrogen (secondary N) is 3. The number of aromatic amines is 1. The minimum absolute atomic E-state index is 0.249. The molecule has 0 saturated carbocycles. The lowest BCUT2D eigenvalue weighted by Gasteiger charge is -2.10. The molecule has 9 heteroatoms. The number of halogens is 1. The second-order valence-electron chi connectivity index (χ2n) is 6.39. The van der Waals surface area contributed by atoms with Gasteiger partial charge in [0.15, 0.2) is 0 Å². The number of anilines is 2. The van der Waals surface area contributed by atoms with Gasteiger partial charge in [-0.2, -0.15) is 5.10 Å². The van der Waals surface area contributed by atoms with Crippen LogP contribution in [0.2, 0.25) is 5.02 Å². The number of rotatable bonds is 8. The van der Waals surface area contributed by atoms with Crippen LogP contribution >= 0.6 is 11.6 Å². The van der Waals surface area contributed by atoms with Gasteiger partial charge < -0.3 is 10.6 Å². The fourth-order valence-electron chi connectivity index (χ4n) is 2.87. The number of carbonyl (C=O) groups is 1. The zero-order chi connectivity index (χ0) is 20.8. The van der Waals surface area contributed by atoms with Crippen molar-refractivity contribution in [2.45, 2.75) is 26.3 Å². The molecule has 29 heavy (non-hydrogen) atoms. The van der Waals surface area contributed by atoms with Gasteiger partial charge in [0.1, 0.15) is 5.69 Å². The Morgan fingerprint density at radius 2 is 2.00 bits per heavy atom. The molecule has 3 aromatic rings. The first-order valence-electron chi connectivity index (χ1n) is 9.10. The highest BCUT2D eigenvalue weighted by Gasteiger charge is 2.28. The SMILES string of the molecule is CCCc1[nH]nc(C(=O)Nc2ccc(NCc3ccccc3)c(Cl)c2)c1[N+](=O)[O-]. The van der Waals surface area contributed by atoms with E-state index in [2.05, 4.69) is 20.8 Å². The van der Waals surface area contributed by atoms with Crippen LogP contribution in [0, 0.1) is 10.1 Å². The standard InChI is InChI=1S/C20H20ClN5O3/c1-2-6-17-19(26(28)29)18(25-24-17)20(27)23-14-9-10-16(15(21)11-14)22-12-13-7-4-3-5-8-13/h3-5,7-11,22H,2,6,12H2,1H3,(H,23,27)(H,24,25). The number of hydrogen-bond acceptors (Lipinski definition) is 5. The van der Waals surface area contributed by atoms with E-state index >= 15 is 0 Å². The number of nitro groups is 1. The lowest BCUT2D eigenvalue weighted by atomic mass is 10.2. The van der Waals surface area contributed by atoms with Gasteiger partial charge in [-0.15, -0.1) is 0 Å². The van der Waals surface area contributed by atoms with Crippen molar-refractivity contribution in [2.75, 3.05) is 10.6 Å². The highest BCUT2D eigenvalue weighted by atomic mass is 35.5. The molecule has 0 radical (unpaired) electrons. The van der Waals surface area contributed by atoms with Gasteiger partial charge in [0.05, 0.1) is 15.6 Å². The zero-order valence-electron chi connectivity index (χ0n) is 15.7. The second-order valence-corrected chi connectivity index (χ2v) is 6.80. The molecule has 1 aromatic heterocycles. The summed E-state index contributed by atoms with van der Waals surface area (Å²) in [7, 11) is 0. The summed E-state index contributed by atoms with van der Waals surface area (Å²) in [5.41, 5.74) is 2.03. The summed E-state index contributed by atoms with van der Waals surface area (Å²) >= 11 is 6.31. The summed E-state index contributed by atoms with van der Waals surface area (Å²) in [5, 5.41) is 24.0. The second kappa shape index (κ2) is 9.20. The predicted molar refractivity (Wildman–Crippen MR) is 112 cm³/mol. The van der Waals surface area contributed by atoms with E-state index in [1.165, 1.54) is 0 Å². The van der Waals surface area contributed by atoms with Crippen LogP contribution in [0.4, 0.5) is 17.1 Å². The fraction of sp³-hybridized carbons (Fsp3) is 0.200. The van der Waals surface area contributed by atoms with Crippen molar-refractivity contribution < 1.29 is 9.72 Å². The maximum atomic E-state index is 12.5. The molecule has 8 nitrogen and oxygen atoms in total. The Morgan fingerprint density at radius 1 is 1.24 bits per heavy atom. The van der Waals surface area contributed by atoms with Gasteiger partial charge in [0.25, 0.3) is 5.91 Å². The van der Waals surface area contributed by atoms with Crippen molar-refractivity contribution in [1.82, 2.24) is 10.2 Å². The lowest BCUT2D eigenvalue weighted by Crippen LogP contribution is -2.14. The van der Waals surface area contributed by atoms with E-state index in [0.717, 1.165) is 5.56 Å². The van der Waals surface area contributed by atoms with Crippen LogP contribution in [-0.4, -0.2) is 21.0 Å².